The van der Waals surface area contributed by atoms with E-state index in [-0.39, 0.29) is 24.1 Å². The van der Waals surface area contributed by atoms with Crippen LogP contribution in [0, 0.1) is 11.6 Å². The van der Waals surface area contributed by atoms with Gasteiger partial charge in [0, 0.05) is 31.4 Å². The van der Waals surface area contributed by atoms with Crippen LogP contribution in [0.15, 0.2) is 78.9 Å². The Balaban J connectivity index is 1.71. The first-order valence-corrected chi connectivity index (χ1v) is 13.9. The lowest BCUT2D eigenvalue weighted by atomic mass is 9.99. The number of rotatable bonds is 9. The van der Waals surface area contributed by atoms with Crippen LogP contribution in [0.3, 0.4) is 0 Å². The quantitative estimate of drug-likeness (QED) is 0.286. The van der Waals surface area contributed by atoms with E-state index in [0.717, 1.165) is 5.56 Å². The molecule has 0 saturated carbocycles. The predicted octanol–water partition coefficient (Wildman–Crippen LogP) is 5.14. The molecule has 1 aliphatic rings. The summed E-state index contributed by atoms with van der Waals surface area (Å²) >= 11 is 1.35. The number of halogens is 2. The number of hydrogen-bond donors (Lipinski definition) is 1. The zero-order valence-corrected chi connectivity index (χ0v) is 22.7. The van der Waals surface area contributed by atoms with E-state index in [1.807, 2.05) is 36.4 Å². The molecule has 3 aromatic carbocycles. The Labute approximate surface area is 235 Å². The van der Waals surface area contributed by atoms with E-state index in [1.165, 1.54) is 40.9 Å². The summed E-state index contributed by atoms with van der Waals surface area (Å²) in [5.41, 5.74) is 3.23. The van der Waals surface area contributed by atoms with Crippen molar-refractivity contribution in [2.24, 2.45) is 0 Å². The number of benzene rings is 3. The first-order chi connectivity index (χ1) is 19.5. The minimum atomic E-state index is -0.464. The van der Waals surface area contributed by atoms with Crippen LogP contribution >= 0.6 is 11.8 Å². The van der Waals surface area contributed by atoms with Crippen molar-refractivity contribution in [1.29, 1.82) is 0 Å². The molecule has 2 amide bonds. The Hall–Kier alpha value is -4.02. The summed E-state index contributed by atoms with van der Waals surface area (Å²) in [6, 6.07) is 21.5. The molecule has 1 aliphatic heterocycles. The molecule has 1 atom stereocenters. The second kappa shape index (κ2) is 12.4. The first kappa shape index (κ1) is 27.5. The van der Waals surface area contributed by atoms with Crippen LogP contribution in [0.1, 0.15) is 22.8 Å². The largest absolute Gasteiger partial charge is 0.385 e. The summed E-state index contributed by atoms with van der Waals surface area (Å²) in [7, 11) is 1.59. The molecule has 0 radical (unpaired) electrons. The fraction of sp³-hybridized carbons (Fsp3) is 0.233. The molecule has 0 fully saturated rings. The molecule has 0 spiro atoms. The average molecular weight is 563 g/mol. The van der Waals surface area contributed by atoms with Crippen molar-refractivity contribution in [1.82, 2.24) is 15.1 Å². The van der Waals surface area contributed by atoms with Crippen LogP contribution in [0.5, 0.6) is 0 Å². The second-order valence-electron chi connectivity index (χ2n) is 9.26. The van der Waals surface area contributed by atoms with Crippen molar-refractivity contribution in [2.45, 2.75) is 11.7 Å². The van der Waals surface area contributed by atoms with Crippen molar-refractivity contribution in [2.75, 3.05) is 37.5 Å². The molecular weight excluding hydrogens is 534 g/mol. The average Bonchev–Trinajstić information content (AvgIpc) is 3.28. The molecule has 1 aromatic heterocycles. The highest BCUT2D eigenvalue weighted by molar-refractivity contribution is 8.00. The Morgan fingerprint density at radius 1 is 1.05 bits per heavy atom. The molecular formula is C30H28F2N4O3S. The Morgan fingerprint density at radius 3 is 2.55 bits per heavy atom. The normalized spacial score (nSPS) is 15.0. The van der Waals surface area contributed by atoms with Crippen molar-refractivity contribution in [3.63, 3.8) is 0 Å². The third-order valence-electron chi connectivity index (χ3n) is 6.51. The highest BCUT2D eigenvalue weighted by atomic mass is 32.2. The predicted molar refractivity (Wildman–Crippen MR) is 152 cm³/mol. The number of methoxy groups -OCH3 is 1. The summed E-state index contributed by atoms with van der Waals surface area (Å²) in [6.07, 6.45) is 0.630. The van der Waals surface area contributed by atoms with E-state index in [0.29, 0.717) is 47.9 Å². The number of amides is 2. The second-order valence-corrected chi connectivity index (χ2v) is 10.4. The van der Waals surface area contributed by atoms with Gasteiger partial charge in [0.25, 0.3) is 0 Å². The number of ether oxygens (including phenoxy) is 1. The molecule has 2 heterocycles. The molecule has 4 aromatic rings. The number of anilines is 1. The topological polar surface area (TPSA) is 76.5 Å². The lowest BCUT2D eigenvalue weighted by Gasteiger charge is -2.23. The number of nitrogens with zero attached hydrogens (tertiary/aromatic N) is 3. The highest BCUT2D eigenvalue weighted by Gasteiger charge is 2.37. The molecule has 0 saturated heterocycles. The van der Waals surface area contributed by atoms with Crippen molar-refractivity contribution in [3.8, 4) is 16.9 Å². The van der Waals surface area contributed by atoms with Gasteiger partial charge >= 0.3 is 0 Å². The number of aromatic nitrogens is 2. The Morgan fingerprint density at radius 2 is 1.82 bits per heavy atom. The number of fused-ring (bicyclic) bond motifs is 1. The third kappa shape index (κ3) is 5.93. The minimum absolute atomic E-state index is 0.0600. The molecule has 206 valence electrons. The Bertz CT molecular complexity index is 1490. The van der Waals surface area contributed by atoms with Gasteiger partial charge in [-0.3, -0.25) is 14.5 Å². The Kier molecular flexibility index (Phi) is 8.57. The molecule has 0 aliphatic carbocycles. The molecule has 7 nitrogen and oxygen atoms in total. The molecule has 40 heavy (non-hydrogen) atoms. The maximum Gasteiger partial charge on any atom is 0.240 e. The SMILES string of the molecule is COCCCNC(=O)CN1C(=O)CS[C@@H](c2cccc(F)c2)c2c(-c3ccccc3)nn(-c3ccc(F)cc3)c21. The van der Waals surface area contributed by atoms with Crippen molar-refractivity contribution < 1.29 is 23.1 Å². The first-order valence-electron chi connectivity index (χ1n) is 12.8. The summed E-state index contributed by atoms with van der Waals surface area (Å²) in [6.45, 7) is 0.655. The molecule has 0 unspecified atom stereocenters. The van der Waals surface area contributed by atoms with E-state index in [1.54, 1.807) is 30.0 Å². The number of thioether (sulfide) groups is 1. The summed E-state index contributed by atoms with van der Waals surface area (Å²) in [4.78, 5) is 28.1. The monoisotopic (exact) mass is 562 g/mol. The smallest absolute Gasteiger partial charge is 0.240 e. The molecule has 10 heteroatoms. The summed E-state index contributed by atoms with van der Waals surface area (Å²) in [5, 5.41) is 7.30. The lowest BCUT2D eigenvalue weighted by molar-refractivity contribution is -0.122. The number of nitrogens with one attached hydrogen (secondary N) is 1. The van der Waals surface area contributed by atoms with Gasteiger partial charge in [-0.05, 0) is 48.4 Å². The summed E-state index contributed by atoms with van der Waals surface area (Å²) < 4.78 is 34.9. The van der Waals surface area contributed by atoms with E-state index in [4.69, 9.17) is 9.84 Å². The van der Waals surface area contributed by atoms with E-state index < -0.39 is 16.9 Å². The number of carbonyl (C=O) groups excluding carboxylic acids is 2. The lowest BCUT2D eigenvalue weighted by Crippen LogP contribution is -2.42. The standard InChI is InChI=1S/C30H28F2N4O3S/c1-39-16-6-15-33-25(37)18-35-26(38)19-40-29(21-9-5-10-23(32)17-21)27-28(20-7-3-2-4-8-20)34-36(30(27)35)24-13-11-22(31)12-14-24/h2-5,7-14,17,29H,6,15-16,18-19H2,1H3,(H,33,37)/t29-/m0/s1. The fourth-order valence-corrected chi connectivity index (χ4v) is 5.86. The molecule has 0 bridgehead atoms. The number of carbonyl (C=O) groups is 2. The van der Waals surface area contributed by atoms with Gasteiger partial charge in [-0.15, -0.1) is 11.8 Å². The van der Waals surface area contributed by atoms with E-state index in [9.17, 15) is 18.4 Å². The van der Waals surface area contributed by atoms with Crippen LogP contribution in [-0.2, 0) is 14.3 Å². The zero-order chi connectivity index (χ0) is 28.1. The van der Waals surface area contributed by atoms with Gasteiger partial charge in [0.1, 0.15) is 24.0 Å². The van der Waals surface area contributed by atoms with Gasteiger partial charge < -0.3 is 10.1 Å². The van der Waals surface area contributed by atoms with Gasteiger partial charge in [0.05, 0.1) is 22.4 Å². The van der Waals surface area contributed by atoms with Crippen molar-refractivity contribution >= 4 is 29.4 Å². The summed E-state index contributed by atoms with van der Waals surface area (Å²) in [5.74, 6) is -0.985. The van der Waals surface area contributed by atoms with Crippen LogP contribution in [0.25, 0.3) is 16.9 Å². The van der Waals surface area contributed by atoms with Crippen molar-refractivity contribution in [3.05, 3.63) is 102 Å². The van der Waals surface area contributed by atoms with Crippen LogP contribution < -0.4 is 10.2 Å². The fourth-order valence-electron chi connectivity index (χ4n) is 4.67. The minimum Gasteiger partial charge on any atom is -0.385 e. The van der Waals surface area contributed by atoms with Gasteiger partial charge in [0.15, 0.2) is 0 Å². The van der Waals surface area contributed by atoms with Crippen LogP contribution in [-0.4, -0.2) is 54.2 Å². The van der Waals surface area contributed by atoms with Crippen LogP contribution in [0.4, 0.5) is 14.6 Å². The van der Waals surface area contributed by atoms with Gasteiger partial charge in [-0.2, -0.15) is 5.10 Å². The highest BCUT2D eigenvalue weighted by Crippen LogP contribution is 2.48. The molecule has 1 N–H and O–H groups in total. The maximum absolute atomic E-state index is 14.4. The number of hydrogen-bond acceptors (Lipinski definition) is 5. The maximum atomic E-state index is 14.4. The van der Waals surface area contributed by atoms with Crippen LogP contribution in [0.2, 0.25) is 0 Å². The molecule has 5 rings (SSSR count). The van der Waals surface area contributed by atoms with Gasteiger partial charge in [-0.25, -0.2) is 13.5 Å². The van der Waals surface area contributed by atoms with E-state index >= 15 is 0 Å². The van der Waals surface area contributed by atoms with Gasteiger partial charge in [0.2, 0.25) is 11.8 Å². The third-order valence-corrected chi connectivity index (χ3v) is 7.76. The van der Waals surface area contributed by atoms with Gasteiger partial charge in [-0.1, -0.05) is 42.5 Å². The zero-order valence-electron chi connectivity index (χ0n) is 21.8. The van der Waals surface area contributed by atoms with E-state index in [2.05, 4.69) is 5.32 Å².